The third kappa shape index (κ3) is 4.97. The number of aromatic amines is 1. The van der Waals surface area contributed by atoms with Gasteiger partial charge in [0.1, 0.15) is 0 Å². The molecule has 0 unspecified atom stereocenters. The fourth-order valence-electron chi connectivity index (χ4n) is 4.07. The summed E-state index contributed by atoms with van der Waals surface area (Å²) in [7, 11) is 0. The van der Waals surface area contributed by atoms with Crippen LogP contribution in [0.5, 0.6) is 0 Å². The Hall–Kier alpha value is -4.85. The van der Waals surface area contributed by atoms with E-state index in [1.165, 1.54) is 4.57 Å². The van der Waals surface area contributed by atoms with Gasteiger partial charge in [0, 0.05) is 30.1 Å². The smallest absolute Gasteiger partial charge is 0.261 e. The van der Waals surface area contributed by atoms with Crippen molar-refractivity contribution in [1.82, 2.24) is 19.5 Å². The van der Waals surface area contributed by atoms with Gasteiger partial charge in [-0.05, 0) is 48.4 Å². The predicted octanol–water partition coefficient (Wildman–Crippen LogP) is 4.18. The van der Waals surface area contributed by atoms with E-state index in [1.807, 2.05) is 48.6 Å². The number of hydrogen-bond donors (Lipinski definition) is 2. The molecular formula is C28H23N5O3. The monoisotopic (exact) mass is 477 g/mol. The largest absolute Gasteiger partial charge is 0.345 e. The van der Waals surface area contributed by atoms with Crippen molar-refractivity contribution in [2.24, 2.45) is 0 Å². The molecule has 3 aromatic heterocycles. The first-order valence-electron chi connectivity index (χ1n) is 11.5. The summed E-state index contributed by atoms with van der Waals surface area (Å²) in [5.74, 6) is -0.363. The number of carbonyl (C=O) groups excluding carboxylic acids is 2. The minimum absolute atomic E-state index is 0.164. The standard InChI is InChI=1S/C28H23N5O3/c34-26(23-8-5-13-33(28(23)36)17-20-7-3-4-12-30-20)9-2-1-6-19-10-11-22-24(15-21-16-29-18-31-21)27(35)32-25(22)14-19/h1,3-8,10-16,18H,2,9,17H2,(H,29,31)(H,32,35)/b6-1+,24-15-. The number of aromatic nitrogens is 4. The topological polar surface area (TPSA) is 110 Å². The van der Waals surface area contributed by atoms with E-state index < -0.39 is 0 Å². The lowest BCUT2D eigenvalue weighted by molar-refractivity contribution is -0.110. The minimum Gasteiger partial charge on any atom is -0.345 e. The molecule has 4 heterocycles. The molecule has 0 saturated carbocycles. The number of ketones is 1. The van der Waals surface area contributed by atoms with Crippen molar-refractivity contribution in [3.8, 4) is 0 Å². The number of rotatable bonds is 8. The fraction of sp³-hybridized carbons (Fsp3) is 0.107. The van der Waals surface area contributed by atoms with Gasteiger partial charge in [0.25, 0.3) is 11.5 Å². The van der Waals surface area contributed by atoms with E-state index in [-0.39, 0.29) is 29.2 Å². The molecule has 0 aliphatic carbocycles. The molecule has 1 aliphatic rings. The number of amides is 1. The molecule has 0 spiro atoms. The summed E-state index contributed by atoms with van der Waals surface area (Å²) in [6.45, 7) is 0.314. The van der Waals surface area contributed by atoms with Crippen molar-refractivity contribution >= 4 is 35.1 Å². The Bertz CT molecular complexity index is 1530. The molecule has 5 rings (SSSR count). The van der Waals surface area contributed by atoms with E-state index in [9.17, 15) is 14.4 Å². The zero-order chi connectivity index (χ0) is 24.9. The Morgan fingerprint density at radius 3 is 2.81 bits per heavy atom. The minimum atomic E-state index is -0.314. The zero-order valence-corrected chi connectivity index (χ0v) is 19.3. The van der Waals surface area contributed by atoms with Crippen LogP contribution in [0.25, 0.3) is 17.7 Å². The van der Waals surface area contributed by atoms with Gasteiger partial charge in [0.2, 0.25) is 0 Å². The quantitative estimate of drug-likeness (QED) is 0.292. The molecule has 0 bridgehead atoms. The second-order valence-corrected chi connectivity index (χ2v) is 8.36. The second-order valence-electron chi connectivity index (χ2n) is 8.36. The number of pyridine rings is 2. The van der Waals surface area contributed by atoms with Crippen molar-refractivity contribution in [2.75, 3.05) is 5.32 Å². The number of fused-ring (bicyclic) bond motifs is 1. The first kappa shape index (κ1) is 22.9. The SMILES string of the molecule is O=C1Nc2cc(/C=C/CCC(=O)c3cccn(Cc4ccccn4)c3=O)ccc2/C1=C/c1cnc[nH]1. The number of nitrogens with one attached hydrogen (secondary N) is 2. The van der Waals surface area contributed by atoms with Gasteiger partial charge < -0.3 is 14.9 Å². The molecule has 1 aromatic carbocycles. The molecule has 8 heteroatoms. The number of hydrogen-bond acceptors (Lipinski definition) is 5. The second kappa shape index (κ2) is 10.2. The molecule has 178 valence electrons. The summed E-state index contributed by atoms with van der Waals surface area (Å²) >= 11 is 0. The molecule has 2 N–H and O–H groups in total. The van der Waals surface area contributed by atoms with Crippen LogP contribution in [0.15, 0.2) is 84.3 Å². The number of benzene rings is 1. The van der Waals surface area contributed by atoms with Gasteiger partial charge in [-0.3, -0.25) is 19.4 Å². The fourth-order valence-corrected chi connectivity index (χ4v) is 4.07. The predicted molar refractivity (Wildman–Crippen MR) is 138 cm³/mol. The highest BCUT2D eigenvalue weighted by atomic mass is 16.2. The molecule has 0 fully saturated rings. The van der Waals surface area contributed by atoms with Gasteiger partial charge in [0.15, 0.2) is 5.78 Å². The highest BCUT2D eigenvalue weighted by molar-refractivity contribution is 6.34. The third-order valence-electron chi connectivity index (χ3n) is 5.87. The number of allylic oxidation sites excluding steroid dienone is 1. The lowest BCUT2D eigenvalue weighted by Crippen LogP contribution is -2.26. The van der Waals surface area contributed by atoms with Crippen LogP contribution in [-0.2, 0) is 11.3 Å². The number of anilines is 1. The Labute approximate surface area is 207 Å². The Morgan fingerprint density at radius 1 is 1.08 bits per heavy atom. The summed E-state index contributed by atoms with van der Waals surface area (Å²) in [6.07, 6.45) is 12.8. The van der Waals surface area contributed by atoms with Crippen molar-refractivity contribution in [2.45, 2.75) is 19.4 Å². The number of H-pyrrole nitrogens is 1. The van der Waals surface area contributed by atoms with E-state index >= 15 is 0 Å². The summed E-state index contributed by atoms with van der Waals surface area (Å²) in [4.78, 5) is 49.1. The van der Waals surface area contributed by atoms with Crippen LogP contribution >= 0.6 is 0 Å². The van der Waals surface area contributed by atoms with Gasteiger partial charge >= 0.3 is 0 Å². The molecule has 8 nitrogen and oxygen atoms in total. The van der Waals surface area contributed by atoms with Crippen LogP contribution in [0, 0.1) is 0 Å². The zero-order valence-electron chi connectivity index (χ0n) is 19.3. The Balaban J connectivity index is 1.22. The first-order valence-corrected chi connectivity index (χ1v) is 11.5. The molecule has 0 atom stereocenters. The molecule has 0 saturated heterocycles. The van der Waals surface area contributed by atoms with Gasteiger partial charge in [-0.1, -0.05) is 30.4 Å². The normalized spacial score (nSPS) is 13.8. The van der Waals surface area contributed by atoms with E-state index in [2.05, 4.69) is 20.3 Å². The van der Waals surface area contributed by atoms with Crippen molar-refractivity contribution in [1.29, 1.82) is 0 Å². The van der Waals surface area contributed by atoms with Gasteiger partial charge in [-0.2, -0.15) is 0 Å². The van der Waals surface area contributed by atoms with E-state index in [1.54, 1.807) is 43.1 Å². The Kier molecular flexibility index (Phi) is 6.48. The maximum Gasteiger partial charge on any atom is 0.261 e. The van der Waals surface area contributed by atoms with E-state index in [0.29, 0.717) is 18.5 Å². The van der Waals surface area contributed by atoms with Crippen LogP contribution in [0.4, 0.5) is 5.69 Å². The van der Waals surface area contributed by atoms with Crippen molar-refractivity contribution < 1.29 is 9.59 Å². The Morgan fingerprint density at radius 2 is 2.00 bits per heavy atom. The summed E-state index contributed by atoms with van der Waals surface area (Å²) in [6, 6.07) is 14.5. The summed E-state index contributed by atoms with van der Waals surface area (Å²) in [5.41, 5.74) is 4.41. The maximum atomic E-state index is 12.8. The lowest BCUT2D eigenvalue weighted by Gasteiger charge is -2.07. The van der Waals surface area contributed by atoms with Crippen molar-refractivity contribution in [3.63, 3.8) is 0 Å². The van der Waals surface area contributed by atoms with E-state index in [4.69, 9.17) is 0 Å². The molecule has 4 aromatic rings. The first-order chi connectivity index (χ1) is 17.6. The molecule has 1 aliphatic heterocycles. The van der Waals surface area contributed by atoms with Crippen LogP contribution < -0.4 is 10.9 Å². The highest BCUT2D eigenvalue weighted by Crippen LogP contribution is 2.33. The maximum absolute atomic E-state index is 12.8. The molecule has 1 amide bonds. The third-order valence-corrected chi connectivity index (χ3v) is 5.87. The van der Waals surface area contributed by atoms with Crippen molar-refractivity contribution in [3.05, 3.63) is 118 Å². The summed E-state index contributed by atoms with van der Waals surface area (Å²) < 4.78 is 1.50. The van der Waals surface area contributed by atoms with Gasteiger partial charge in [0.05, 0.1) is 41.6 Å². The van der Waals surface area contributed by atoms with Gasteiger partial charge in [-0.15, -0.1) is 0 Å². The van der Waals surface area contributed by atoms with Crippen LogP contribution in [-0.4, -0.2) is 31.2 Å². The average Bonchev–Trinajstić information content (AvgIpc) is 3.51. The molecule has 36 heavy (non-hydrogen) atoms. The average molecular weight is 478 g/mol. The van der Waals surface area contributed by atoms with E-state index in [0.717, 1.165) is 28.2 Å². The number of imidazole rings is 1. The molecular weight excluding hydrogens is 454 g/mol. The number of Topliss-reactive ketones (excluding diaryl/α,β-unsaturated/α-hetero) is 1. The van der Waals surface area contributed by atoms with Crippen LogP contribution in [0.3, 0.4) is 0 Å². The highest BCUT2D eigenvalue weighted by Gasteiger charge is 2.24. The number of nitrogens with zero attached hydrogens (tertiary/aromatic N) is 3. The molecule has 0 radical (unpaired) electrons. The lowest BCUT2D eigenvalue weighted by atomic mass is 10.0. The van der Waals surface area contributed by atoms with Gasteiger partial charge in [-0.25, -0.2) is 4.98 Å². The number of carbonyl (C=O) groups is 2. The van der Waals surface area contributed by atoms with Crippen LogP contribution in [0.1, 0.15) is 45.7 Å². The van der Waals surface area contributed by atoms with Crippen LogP contribution in [0.2, 0.25) is 0 Å². The summed E-state index contributed by atoms with van der Waals surface area (Å²) in [5, 5.41) is 2.89.